The summed E-state index contributed by atoms with van der Waals surface area (Å²) < 4.78 is 13.9. The first-order valence-corrected chi connectivity index (χ1v) is 8.58. The number of rotatable bonds is 4. The molecule has 136 valence electrons. The van der Waals surface area contributed by atoms with Crippen molar-refractivity contribution in [3.05, 3.63) is 63.4 Å². The molecule has 0 unspecified atom stereocenters. The average Bonchev–Trinajstić information content (AvgIpc) is 2.63. The van der Waals surface area contributed by atoms with Crippen molar-refractivity contribution in [2.24, 2.45) is 5.92 Å². The van der Waals surface area contributed by atoms with Crippen LogP contribution in [0, 0.1) is 21.8 Å². The Balaban J connectivity index is 1.61. The van der Waals surface area contributed by atoms with Gasteiger partial charge in [0.2, 0.25) is 5.91 Å². The molecule has 0 radical (unpaired) electrons. The average molecular weight is 378 g/mol. The fourth-order valence-corrected chi connectivity index (χ4v) is 3.25. The first-order valence-electron chi connectivity index (χ1n) is 8.20. The van der Waals surface area contributed by atoms with Gasteiger partial charge in [-0.25, -0.2) is 4.39 Å². The molecule has 1 fully saturated rings. The van der Waals surface area contributed by atoms with Gasteiger partial charge in [0.05, 0.1) is 10.6 Å². The number of nitro benzene ring substituents is 1. The van der Waals surface area contributed by atoms with Gasteiger partial charge in [-0.15, -0.1) is 0 Å². The molecular weight excluding hydrogens is 361 g/mol. The maximum absolute atomic E-state index is 13.9. The fourth-order valence-electron chi connectivity index (χ4n) is 3.07. The van der Waals surface area contributed by atoms with Crippen LogP contribution in [0.3, 0.4) is 0 Å². The minimum absolute atomic E-state index is 0.0196. The molecule has 1 heterocycles. The highest BCUT2D eigenvalue weighted by Crippen LogP contribution is 2.29. The largest absolute Gasteiger partial charge is 0.369 e. The summed E-state index contributed by atoms with van der Waals surface area (Å²) in [6.07, 6.45) is 1.16. The Labute approximate surface area is 154 Å². The van der Waals surface area contributed by atoms with Gasteiger partial charge in [-0.05, 0) is 37.1 Å². The fraction of sp³-hybridized carbons (Fsp3) is 0.278. The molecule has 0 spiro atoms. The van der Waals surface area contributed by atoms with Crippen LogP contribution in [0.2, 0.25) is 5.02 Å². The number of amides is 1. The van der Waals surface area contributed by atoms with Gasteiger partial charge in [-0.1, -0.05) is 23.7 Å². The SMILES string of the molecule is O=C(Nc1ccc(Cl)c([N+](=O)[O-])c1)C1CCN(c2ccccc2F)CC1. The van der Waals surface area contributed by atoms with Gasteiger partial charge in [0.15, 0.2) is 0 Å². The zero-order valence-electron chi connectivity index (χ0n) is 13.8. The molecule has 1 amide bonds. The van der Waals surface area contributed by atoms with Crippen molar-refractivity contribution in [1.82, 2.24) is 0 Å². The molecule has 0 aromatic heterocycles. The zero-order valence-corrected chi connectivity index (χ0v) is 14.6. The summed E-state index contributed by atoms with van der Waals surface area (Å²) in [6, 6.07) is 10.7. The summed E-state index contributed by atoms with van der Waals surface area (Å²) in [5.74, 6) is -0.702. The Morgan fingerprint density at radius 1 is 1.23 bits per heavy atom. The molecule has 2 aromatic rings. The van der Waals surface area contributed by atoms with E-state index in [2.05, 4.69) is 5.32 Å². The summed E-state index contributed by atoms with van der Waals surface area (Å²) in [5, 5.41) is 13.7. The van der Waals surface area contributed by atoms with E-state index in [4.69, 9.17) is 11.6 Å². The third-order valence-electron chi connectivity index (χ3n) is 4.47. The second kappa shape index (κ2) is 7.70. The van der Waals surface area contributed by atoms with Crippen molar-refractivity contribution in [1.29, 1.82) is 0 Å². The summed E-state index contributed by atoms with van der Waals surface area (Å²) in [5.41, 5.74) is 0.626. The summed E-state index contributed by atoms with van der Waals surface area (Å²) in [6.45, 7) is 1.14. The molecule has 26 heavy (non-hydrogen) atoms. The highest BCUT2D eigenvalue weighted by atomic mass is 35.5. The first kappa shape index (κ1) is 18.1. The monoisotopic (exact) mass is 377 g/mol. The lowest BCUT2D eigenvalue weighted by molar-refractivity contribution is -0.384. The number of hydrogen-bond donors (Lipinski definition) is 1. The van der Waals surface area contributed by atoms with E-state index >= 15 is 0 Å². The maximum Gasteiger partial charge on any atom is 0.289 e. The van der Waals surface area contributed by atoms with Crippen LogP contribution in [0.25, 0.3) is 0 Å². The van der Waals surface area contributed by atoms with E-state index < -0.39 is 4.92 Å². The van der Waals surface area contributed by atoms with Gasteiger partial charge in [0, 0.05) is 30.8 Å². The number of carbonyl (C=O) groups excluding carboxylic acids is 1. The molecule has 0 saturated carbocycles. The Morgan fingerprint density at radius 3 is 2.58 bits per heavy atom. The first-order chi connectivity index (χ1) is 12.5. The van der Waals surface area contributed by atoms with Crippen LogP contribution >= 0.6 is 11.6 Å². The lowest BCUT2D eigenvalue weighted by Crippen LogP contribution is -2.38. The third kappa shape index (κ3) is 3.94. The van der Waals surface area contributed by atoms with E-state index in [0.29, 0.717) is 37.3 Å². The molecule has 0 bridgehead atoms. The van der Waals surface area contributed by atoms with Crippen LogP contribution in [0.4, 0.5) is 21.5 Å². The van der Waals surface area contributed by atoms with E-state index in [1.54, 1.807) is 18.2 Å². The van der Waals surface area contributed by atoms with Crippen molar-refractivity contribution in [2.75, 3.05) is 23.3 Å². The Morgan fingerprint density at radius 2 is 1.92 bits per heavy atom. The molecule has 2 aromatic carbocycles. The van der Waals surface area contributed by atoms with E-state index in [1.807, 2.05) is 4.90 Å². The van der Waals surface area contributed by atoms with Gasteiger partial charge in [0.25, 0.3) is 5.69 Å². The molecule has 0 atom stereocenters. The van der Waals surface area contributed by atoms with Crippen LogP contribution in [-0.2, 0) is 4.79 Å². The number of nitrogens with one attached hydrogen (secondary N) is 1. The van der Waals surface area contributed by atoms with Gasteiger partial charge in [0.1, 0.15) is 10.8 Å². The van der Waals surface area contributed by atoms with E-state index in [-0.39, 0.29) is 28.4 Å². The van der Waals surface area contributed by atoms with Crippen molar-refractivity contribution in [3.63, 3.8) is 0 Å². The zero-order chi connectivity index (χ0) is 18.7. The number of nitro groups is 1. The normalized spacial score (nSPS) is 14.9. The van der Waals surface area contributed by atoms with Gasteiger partial charge < -0.3 is 10.2 Å². The van der Waals surface area contributed by atoms with E-state index in [1.165, 1.54) is 24.3 Å². The highest BCUT2D eigenvalue weighted by Gasteiger charge is 2.26. The number of anilines is 2. The van der Waals surface area contributed by atoms with Crippen LogP contribution in [-0.4, -0.2) is 23.9 Å². The second-order valence-corrected chi connectivity index (χ2v) is 6.53. The molecule has 6 nitrogen and oxygen atoms in total. The topological polar surface area (TPSA) is 75.5 Å². The minimum atomic E-state index is -0.592. The standard InChI is InChI=1S/C18H17ClFN3O3/c19-14-6-5-13(11-17(14)23(25)26)21-18(24)12-7-9-22(10-8-12)16-4-2-1-3-15(16)20/h1-6,11-12H,7-10H2,(H,21,24). The minimum Gasteiger partial charge on any atom is -0.369 e. The Kier molecular flexibility index (Phi) is 5.37. The predicted molar refractivity (Wildman–Crippen MR) is 98.1 cm³/mol. The number of carbonyl (C=O) groups is 1. The van der Waals surface area contributed by atoms with Gasteiger partial charge in [-0.2, -0.15) is 0 Å². The number of nitrogens with zero attached hydrogens (tertiary/aromatic N) is 2. The van der Waals surface area contributed by atoms with Crippen molar-refractivity contribution < 1.29 is 14.1 Å². The summed E-state index contributed by atoms with van der Waals surface area (Å²) in [7, 11) is 0. The van der Waals surface area contributed by atoms with Gasteiger partial charge >= 0.3 is 0 Å². The smallest absolute Gasteiger partial charge is 0.289 e. The van der Waals surface area contributed by atoms with Crippen LogP contribution < -0.4 is 10.2 Å². The number of halogens is 2. The van der Waals surface area contributed by atoms with Crippen LogP contribution in [0.15, 0.2) is 42.5 Å². The number of piperidine rings is 1. The molecular formula is C18H17ClFN3O3. The quantitative estimate of drug-likeness (QED) is 0.638. The second-order valence-electron chi connectivity index (χ2n) is 6.13. The van der Waals surface area contributed by atoms with Crippen molar-refractivity contribution in [2.45, 2.75) is 12.8 Å². The highest BCUT2D eigenvalue weighted by molar-refractivity contribution is 6.32. The van der Waals surface area contributed by atoms with E-state index in [9.17, 15) is 19.3 Å². The van der Waals surface area contributed by atoms with Gasteiger partial charge in [-0.3, -0.25) is 14.9 Å². The summed E-state index contributed by atoms with van der Waals surface area (Å²) in [4.78, 5) is 24.7. The van der Waals surface area contributed by atoms with Crippen molar-refractivity contribution in [3.8, 4) is 0 Å². The van der Waals surface area contributed by atoms with E-state index in [0.717, 1.165) is 0 Å². The molecule has 1 aliphatic heterocycles. The maximum atomic E-state index is 13.9. The molecule has 1 saturated heterocycles. The number of para-hydroxylation sites is 1. The number of benzene rings is 2. The Bertz CT molecular complexity index is 838. The van der Waals surface area contributed by atoms with Crippen LogP contribution in [0.1, 0.15) is 12.8 Å². The number of hydrogen-bond acceptors (Lipinski definition) is 4. The molecule has 3 rings (SSSR count). The molecule has 1 N–H and O–H groups in total. The lowest BCUT2D eigenvalue weighted by Gasteiger charge is -2.33. The third-order valence-corrected chi connectivity index (χ3v) is 4.79. The lowest BCUT2D eigenvalue weighted by atomic mass is 9.95. The summed E-state index contributed by atoms with van der Waals surface area (Å²) >= 11 is 5.77. The molecule has 1 aliphatic rings. The molecule has 0 aliphatic carbocycles. The van der Waals surface area contributed by atoms with Crippen molar-refractivity contribution >= 4 is 34.6 Å². The molecule has 8 heteroatoms. The predicted octanol–water partition coefficient (Wildman–Crippen LogP) is 4.24. The van der Waals surface area contributed by atoms with Crippen LogP contribution in [0.5, 0.6) is 0 Å². The Hall–Kier alpha value is -2.67.